The number of aliphatic hydroxyl groups excluding tert-OH is 1. The van der Waals surface area contributed by atoms with Crippen molar-refractivity contribution >= 4 is 5.91 Å². The number of carbonyl (C=O) groups is 1. The molecule has 0 aliphatic carbocycles. The van der Waals surface area contributed by atoms with Gasteiger partial charge in [-0.05, 0) is 25.2 Å². The third-order valence-electron chi connectivity index (χ3n) is 3.52. The Morgan fingerprint density at radius 3 is 2.92 bits per heavy atom. The lowest BCUT2D eigenvalue weighted by Gasteiger charge is -2.40. The molecular formula is C10H17NO2. The first-order valence-electron chi connectivity index (χ1n) is 5.16. The summed E-state index contributed by atoms with van der Waals surface area (Å²) in [5, 5.41) is 9.15. The molecule has 0 saturated carbocycles. The van der Waals surface area contributed by atoms with Gasteiger partial charge in [0.1, 0.15) is 0 Å². The molecule has 3 heteroatoms. The van der Waals surface area contributed by atoms with Crippen LogP contribution in [0.25, 0.3) is 0 Å². The predicted molar refractivity (Wildman–Crippen MR) is 49.1 cm³/mol. The van der Waals surface area contributed by atoms with Gasteiger partial charge < -0.3 is 10.0 Å². The van der Waals surface area contributed by atoms with Crippen LogP contribution in [0.15, 0.2) is 0 Å². The maximum absolute atomic E-state index is 11.5. The Balaban J connectivity index is 2.16. The molecule has 2 fully saturated rings. The average Bonchev–Trinajstić information content (AvgIpc) is 2.51. The molecule has 3 unspecified atom stereocenters. The highest BCUT2D eigenvalue weighted by molar-refractivity contribution is 5.79. The normalized spacial score (nSPS) is 39.4. The van der Waals surface area contributed by atoms with Crippen molar-refractivity contribution in [3.63, 3.8) is 0 Å². The number of hydrogen-bond donors (Lipinski definition) is 1. The number of nitrogens with zero attached hydrogens (tertiary/aromatic N) is 1. The van der Waals surface area contributed by atoms with Crippen molar-refractivity contribution < 1.29 is 9.90 Å². The second-order valence-electron chi connectivity index (χ2n) is 4.30. The molecule has 1 N–H and O–H groups in total. The minimum Gasteiger partial charge on any atom is -0.394 e. The van der Waals surface area contributed by atoms with Crippen LogP contribution in [0.4, 0.5) is 0 Å². The molecule has 2 rings (SSSR count). The molecule has 2 aliphatic rings. The van der Waals surface area contributed by atoms with E-state index in [0.717, 1.165) is 19.3 Å². The Kier molecular flexibility index (Phi) is 2.28. The van der Waals surface area contributed by atoms with Gasteiger partial charge in [-0.1, -0.05) is 6.92 Å². The number of hydrogen-bond acceptors (Lipinski definition) is 2. The molecule has 0 aromatic carbocycles. The summed E-state index contributed by atoms with van der Waals surface area (Å²) in [6, 6.07) is 0.523. The van der Waals surface area contributed by atoms with Gasteiger partial charge in [-0.25, -0.2) is 0 Å². The molecule has 0 radical (unpaired) electrons. The molecule has 0 aromatic rings. The molecule has 3 atom stereocenters. The molecule has 74 valence electrons. The smallest absolute Gasteiger partial charge is 0.223 e. The van der Waals surface area contributed by atoms with Crippen LogP contribution in [0.2, 0.25) is 0 Å². The lowest BCUT2D eigenvalue weighted by Crippen LogP contribution is -2.50. The van der Waals surface area contributed by atoms with Gasteiger partial charge in [0.15, 0.2) is 0 Å². The van der Waals surface area contributed by atoms with E-state index in [2.05, 4.69) is 6.92 Å². The van der Waals surface area contributed by atoms with E-state index in [1.54, 1.807) is 0 Å². The van der Waals surface area contributed by atoms with Gasteiger partial charge in [-0.2, -0.15) is 0 Å². The highest BCUT2D eigenvalue weighted by Gasteiger charge is 2.41. The summed E-state index contributed by atoms with van der Waals surface area (Å²) in [4.78, 5) is 13.5. The van der Waals surface area contributed by atoms with Crippen LogP contribution in [-0.4, -0.2) is 34.6 Å². The maximum Gasteiger partial charge on any atom is 0.223 e. The molecule has 2 saturated heterocycles. The highest BCUT2D eigenvalue weighted by Crippen LogP contribution is 2.35. The minimum atomic E-state index is 0.108. The van der Waals surface area contributed by atoms with Crippen molar-refractivity contribution in [1.29, 1.82) is 0 Å². The summed E-state index contributed by atoms with van der Waals surface area (Å²) in [5.41, 5.74) is 0. The largest absolute Gasteiger partial charge is 0.394 e. The van der Waals surface area contributed by atoms with Gasteiger partial charge in [0, 0.05) is 12.5 Å². The summed E-state index contributed by atoms with van der Waals surface area (Å²) in [6.45, 7) is 2.35. The Bertz CT molecular complexity index is 217. The average molecular weight is 183 g/mol. The minimum absolute atomic E-state index is 0.108. The van der Waals surface area contributed by atoms with Gasteiger partial charge in [-0.3, -0.25) is 4.79 Å². The summed E-state index contributed by atoms with van der Waals surface area (Å²) in [5.74, 6) is 0.866. The third-order valence-corrected chi connectivity index (χ3v) is 3.52. The van der Waals surface area contributed by atoms with Crippen LogP contribution in [0.1, 0.15) is 32.6 Å². The Labute approximate surface area is 78.7 Å². The number of carbonyl (C=O) groups excluding carboxylic acids is 1. The molecule has 0 spiro atoms. The first kappa shape index (κ1) is 9.00. The predicted octanol–water partition coefficient (Wildman–Crippen LogP) is 0.768. The quantitative estimate of drug-likeness (QED) is 0.652. The lowest BCUT2D eigenvalue weighted by molar-refractivity contribution is -0.134. The fourth-order valence-electron chi connectivity index (χ4n) is 2.72. The molecule has 0 bridgehead atoms. The van der Waals surface area contributed by atoms with E-state index in [1.165, 1.54) is 0 Å². The van der Waals surface area contributed by atoms with E-state index in [4.69, 9.17) is 5.11 Å². The monoisotopic (exact) mass is 183 g/mol. The Morgan fingerprint density at radius 2 is 2.23 bits per heavy atom. The van der Waals surface area contributed by atoms with Crippen LogP contribution < -0.4 is 0 Å². The molecule has 2 heterocycles. The van der Waals surface area contributed by atoms with Crippen molar-refractivity contribution in [2.45, 2.75) is 44.7 Å². The standard InChI is InChI=1S/C10H17NO2/c1-7-2-3-8(6-12)11-9(7)4-5-10(11)13/h7-9,12H,2-6H2,1H3. The zero-order chi connectivity index (χ0) is 9.42. The number of rotatable bonds is 1. The Morgan fingerprint density at radius 1 is 1.46 bits per heavy atom. The molecule has 0 aromatic heterocycles. The van der Waals surface area contributed by atoms with Crippen LogP contribution >= 0.6 is 0 Å². The van der Waals surface area contributed by atoms with Gasteiger partial charge in [0.05, 0.1) is 12.6 Å². The van der Waals surface area contributed by atoms with Crippen molar-refractivity contribution in [3.05, 3.63) is 0 Å². The summed E-state index contributed by atoms with van der Waals surface area (Å²) < 4.78 is 0. The fourth-order valence-corrected chi connectivity index (χ4v) is 2.72. The second-order valence-corrected chi connectivity index (χ2v) is 4.30. The molecule has 1 amide bonds. The number of amides is 1. The van der Waals surface area contributed by atoms with Crippen LogP contribution in [0.5, 0.6) is 0 Å². The SMILES string of the molecule is CC1CCC(CO)N2C(=O)CCC12. The Hall–Kier alpha value is -0.570. The second kappa shape index (κ2) is 3.29. The zero-order valence-electron chi connectivity index (χ0n) is 8.07. The first-order chi connectivity index (χ1) is 6.24. The molecule has 2 aliphatic heterocycles. The first-order valence-corrected chi connectivity index (χ1v) is 5.16. The van der Waals surface area contributed by atoms with E-state index in [0.29, 0.717) is 18.4 Å². The number of piperidine rings is 1. The number of aliphatic hydroxyl groups is 1. The highest BCUT2D eigenvalue weighted by atomic mass is 16.3. The molecule has 3 nitrogen and oxygen atoms in total. The van der Waals surface area contributed by atoms with Gasteiger partial charge in [-0.15, -0.1) is 0 Å². The van der Waals surface area contributed by atoms with Crippen molar-refractivity contribution in [3.8, 4) is 0 Å². The fraction of sp³-hybridized carbons (Fsp3) is 0.900. The number of fused-ring (bicyclic) bond motifs is 1. The molecule has 13 heavy (non-hydrogen) atoms. The van der Waals surface area contributed by atoms with E-state index in [-0.39, 0.29) is 18.6 Å². The van der Waals surface area contributed by atoms with Crippen LogP contribution in [0, 0.1) is 5.92 Å². The maximum atomic E-state index is 11.5. The summed E-state index contributed by atoms with van der Waals surface area (Å²) in [7, 11) is 0. The summed E-state index contributed by atoms with van der Waals surface area (Å²) >= 11 is 0. The van der Waals surface area contributed by atoms with E-state index in [9.17, 15) is 4.79 Å². The van der Waals surface area contributed by atoms with Crippen LogP contribution in [0.3, 0.4) is 0 Å². The van der Waals surface area contributed by atoms with E-state index in [1.807, 2.05) is 4.90 Å². The van der Waals surface area contributed by atoms with Crippen molar-refractivity contribution in [2.75, 3.05) is 6.61 Å². The third kappa shape index (κ3) is 1.35. The van der Waals surface area contributed by atoms with E-state index >= 15 is 0 Å². The van der Waals surface area contributed by atoms with Gasteiger partial charge in [0.2, 0.25) is 5.91 Å². The van der Waals surface area contributed by atoms with Gasteiger partial charge in [0.25, 0.3) is 0 Å². The molecular weight excluding hydrogens is 166 g/mol. The zero-order valence-corrected chi connectivity index (χ0v) is 8.07. The lowest BCUT2D eigenvalue weighted by atomic mass is 9.87. The van der Waals surface area contributed by atoms with Crippen molar-refractivity contribution in [2.24, 2.45) is 5.92 Å². The topological polar surface area (TPSA) is 40.5 Å². The summed E-state index contributed by atoms with van der Waals surface area (Å²) in [6.07, 6.45) is 3.81. The van der Waals surface area contributed by atoms with Crippen molar-refractivity contribution in [1.82, 2.24) is 4.90 Å². The van der Waals surface area contributed by atoms with E-state index < -0.39 is 0 Å². The van der Waals surface area contributed by atoms with Crippen LogP contribution in [-0.2, 0) is 4.79 Å². The van der Waals surface area contributed by atoms with Gasteiger partial charge >= 0.3 is 0 Å².